The standard InChI is InChI=1S/C23H14F6N4O/c24-22(25,26)18-10-14(8-9-30-18)32-21(34)16-11-31-33(20(16)23(27,28)29)17-7-6-13-5-4-12-2-1-3-15(17)19(12)13/h1-3,6-11H,4-5H2,(H,30,32,34). The Hall–Kier alpha value is -3.89. The first-order chi connectivity index (χ1) is 16.0. The number of rotatable bonds is 3. The van der Waals surface area contributed by atoms with E-state index in [1.165, 1.54) is 6.07 Å². The molecule has 2 aromatic heterocycles. The molecule has 0 fully saturated rings. The lowest BCUT2D eigenvalue weighted by Gasteiger charge is -2.15. The summed E-state index contributed by atoms with van der Waals surface area (Å²) in [7, 11) is 0. The molecule has 0 unspecified atom stereocenters. The van der Waals surface area contributed by atoms with Crippen molar-refractivity contribution in [2.45, 2.75) is 25.2 Å². The third-order valence-electron chi connectivity index (χ3n) is 5.67. The molecule has 11 heteroatoms. The third kappa shape index (κ3) is 3.66. The number of hydrogen-bond donors (Lipinski definition) is 1. The average molecular weight is 476 g/mol. The number of nitrogens with zero attached hydrogens (tertiary/aromatic N) is 3. The van der Waals surface area contributed by atoms with Crippen LogP contribution in [0, 0.1) is 0 Å². The largest absolute Gasteiger partial charge is 0.434 e. The van der Waals surface area contributed by atoms with Crippen LogP contribution in [0.15, 0.2) is 54.9 Å². The number of amides is 1. The fraction of sp³-hybridized carbons (Fsp3) is 0.174. The quantitative estimate of drug-likeness (QED) is 0.380. The first kappa shape index (κ1) is 21.9. The highest BCUT2D eigenvalue weighted by molar-refractivity contribution is 6.05. The predicted octanol–water partition coefficient (Wildman–Crippen LogP) is 5.81. The monoisotopic (exact) mass is 476 g/mol. The van der Waals surface area contributed by atoms with E-state index in [4.69, 9.17) is 0 Å². The van der Waals surface area contributed by atoms with Crippen molar-refractivity contribution in [1.82, 2.24) is 14.8 Å². The van der Waals surface area contributed by atoms with Crippen LogP contribution in [0.2, 0.25) is 0 Å². The van der Waals surface area contributed by atoms with Gasteiger partial charge in [-0.2, -0.15) is 31.4 Å². The lowest BCUT2D eigenvalue weighted by molar-refractivity contribution is -0.143. The second-order valence-electron chi connectivity index (χ2n) is 7.78. The minimum absolute atomic E-state index is 0.150. The SMILES string of the molecule is O=C(Nc1ccnc(C(F)(F)F)c1)c1cnn(-c2ccc3c4c(cccc24)CC3)c1C(F)(F)F. The maximum absolute atomic E-state index is 14.1. The van der Waals surface area contributed by atoms with Crippen molar-refractivity contribution in [1.29, 1.82) is 0 Å². The van der Waals surface area contributed by atoms with E-state index in [2.05, 4.69) is 15.4 Å². The highest BCUT2D eigenvalue weighted by Crippen LogP contribution is 2.38. The smallest absolute Gasteiger partial charge is 0.322 e. The first-order valence-corrected chi connectivity index (χ1v) is 10.1. The number of pyridine rings is 1. The Labute approximate surface area is 188 Å². The Kier molecular flexibility index (Phi) is 4.88. The summed E-state index contributed by atoms with van der Waals surface area (Å²) in [6.45, 7) is 0. The van der Waals surface area contributed by atoms with Gasteiger partial charge >= 0.3 is 12.4 Å². The summed E-state index contributed by atoms with van der Waals surface area (Å²) in [6.07, 6.45) is -6.63. The molecule has 5 rings (SSSR count). The van der Waals surface area contributed by atoms with Gasteiger partial charge in [0.1, 0.15) is 5.69 Å². The summed E-state index contributed by atoms with van der Waals surface area (Å²) in [5.74, 6) is -1.25. The molecule has 1 N–H and O–H groups in total. The Balaban J connectivity index is 1.59. The van der Waals surface area contributed by atoms with E-state index >= 15 is 0 Å². The van der Waals surface area contributed by atoms with Gasteiger partial charge in [0, 0.05) is 17.3 Å². The molecule has 1 amide bonds. The molecule has 0 bridgehead atoms. The highest BCUT2D eigenvalue weighted by Gasteiger charge is 2.41. The van der Waals surface area contributed by atoms with Crippen molar-refractivity contribution in [3.8, 4) is 5.69 Å². The van der Waals surface area contributed by atoms with Crippen molar-refractivity contribution >= 4 is 22.4 Å². The molecular weight excluding hydrogens is 462 g/mol. The minimum atomic E-state index is -4.97. The number of halogens is 6. The Morgan fingerprint density at radius 2 is 1.68 bits per heavy atom. The summed E-state index contributed by atoms with van der Waals surface area (Å²) in [5.41, 5.74) is -1.59. The molecule has 0 saturated carbocycles. The van der Waals surface area contributed by atoms with Crippen LogP contribution in [-0.2, 0) is 25.2 Å². The average Bonchev–Trinajstić information content (AvgIpc) is 3.40. The number of carbonyl (C=O) groups is 1. The normalized spacial score (nSPS) is 13.5. The molecule has 2 aromatic carbocycles. The maximum atomic E-state index is 14.1. The van der Waals surface area contributed by atoms with Crippen molar-refractivity contribution in [3.63, 3.8) is 0 Å². The van der Waals surface area contributed by atoms with Crippen LogP contribution in [-0.4, -0.2) is 20.7 Å². The number of aryl methyl sites for hydroxylation is 2. The summed E-state index contributed by atoms with van der Waals surface area (Å²) >= 11 is 0. The molecule has 0 saturated heterocycles. The maximum Gasteiger partial charge on any atom is 0.434 e. The van der Waals surface area contributed by atoms with Crippen LogP contribution in [0.25, 0.3) is 16.5 Å². The van der Waals surface area contributed by atoms with Gasteiger partial charge in [0.25, 0.3) is 5.91 Å². The number of nitrogens with one attached hydrogen (secondary N) is 1. The Morgan fingerprint density at radius 3 is 2.38 bits per heavy atom. The molecule has 2 heterocycles. The van der Waals surface area contributed by atoms with E-state index in [0.29, 0.717) is 16.1 Å². The molecule has 0 spiro atoms. The molecular formula is C23H14F6N4O. The summed E-state index contributed by atoms with van der Waals surface area (Å²) in [5, 5.41) is 7.36. The number of benzene rings is 2. The summed E-state index contributed by atoms with van der Waals surface area (Å²) in [6, 6.07) is 10.2. The van der Waals surface area contributed by atoms with Gasteiger partial charge in [-0.05, 0) is 47.6 Å². The number of anilines is 1. The van der Waals surface area contributed by atoms with Gasteiger partial charge in [-0.1, -0.05) is 24.3 Å². The van der Waals surface area contributed by atoms with Gasteiger partial charge in [0.05, 0.1) is 17.4 Å². The molecule has 4 aromatic rings. The zero-order valence-corrected chi connectivity index (χ0v) is 17.1. The van der Waals surface area contributed by atoms with Gasteiger partial charge < -0.3 is 5.32 Å². The van der Waals surface area contributed by atoms with Gasteiger partial charge in [-0.3, -0.25) is 9.78 Å². The Bertz CT molecular complexity index is 1430. The molecule has 0 atom stereocenters. The van der Waals surface area contributed by atoms with Crippen LogP contribution in [0.5, 0.6) is 0 Å². The molecule has 174 valence electrons. The lowest BCUT2D eigenvalue weighted by Crippen LogP contribution is -2.21. The van der Waals surface area contributed by atoms with Gasteiger partial charge in [-0.15, -0.1) is 0 Å². The van der Waals surface area contributed by atoms with Gasteiger partial charge in [0.15, 0.2) is 5.69 Å². The fourth-order valence-corrected chi connectivity index (χ4v) is 4.25. The van der Waals surface area contributed by atoms with Crippen LogP contribution >= 0.6 is 0 Å². The van der Waals surface area contributed by atoms with E-state index in [0.717, 1.165) is 47.8 Å². The minimum Gasteiger partial charge on any atom is -0.322 e. The van der Waals surface area contributed by atoms with Crippen LogP contribution in [0.3, 0.4) is 0 Å². The molecule has 0 aliphatic heterocycles. The fourth-order valence-electron chi connectivity index (χ4n) is 4.25. The van der Waals surface area contributed by atoms with Gasteiger partial charge in [0.2, 0.25) is 0 Å². The Morgan fingerprint density at radius 1 is 0.941 bits per heavy atom. The predicted molar refractivity (Wildman–Crippen MR) is 111 cm³/mol. The molecule has 34 heavy (non-hydrogen) atoms. The van der Waals surface area contributed by atoms with Crippen molar-refractivity contribution in [3.05, 3.63) is 82.9 Å². The number of aromatic nitrogens is 3. The van der Waals surface area contributed by atoms with E-state index < -0.39 is 35.2 Å². The van der Waals surface area contributed by atoms with Crippen molar-refractivity contribution in [2.24, 2.45) is 0 Å². The topological polar surface area (TPSA) is 59.8 Å². The summed E-state index contributed by atoms with van der Waals surface area (Å²) in [4.78, 5) is 15.9. The van der Waals surface area contributed by atoms with Crippen LogP contribution < -0.4 is 5.32 Å². The zero-order valence-electron chi connectivity index (χ0n) is 17.1. The van der Waals surface area contributed by atoms with E-state index in [9.17, 15) is 31.1 Å². The lowest BCUT2D eigenvalue weighted by atomic mass is 10.0. The van der Waals surface area contributed by atoms with E-state index in [1.54, 1.807) is 18.2 Å². The number of hydrogen-bond acceptors (Lipinski definition) is 3. The van der Waals surface area contributed by atoms with Crippen LogP contribution in [0.4, 0.5) is 32.0 Å². The molecule has 1 aliphatic rings. The first-order valence-electron chi connectivity index (χ1n) is 10.1. The molecule has 1 aliphatic carbocycles. The van der Waals surface area contributed by atoms with E-state index in [1.807, 2.05) is 6.07 Å². The second kappa shape index (κ2) is 7.57. The van der Waals surface area contributed by atoms with Gasteiger partial charge in [-0.25, -0.2) is 4.68 Å². The number of alkyl halides is 6. The summed E-state index contributed by atoms with van der Waals surface area (Å²) < 4.78 is 81.7. The highest BCUT2D eigenvalue weighted by atomic mass is 19.4. The third-order valence-corrected chi connectivity index (χ3v) is 5.67. The van der Waals surface area contributed by atoms with E-state index in [-0.39, 0.29) is 11.4 Å². The number of carbonyl (C=O) groups excluding carboxylic acids is 1. The van der Waals surface area contributed by atoms with Crippen LogP contribution in [0.1, 0.15) is 32.9 Å². The van der Waals surface area contributed by atoms with Crippen molar-refractivity contribution in [2.75, 3.05) is 5.32 Å². The molecule has 5 nitrogen and oxygen atoms in total. The molecule has 0 radical (unpaired) electrons. The zero-order chi connectivity index (χ0) is 24.3. The van der Waals surface area contributed by atoms with Crippen molar-refractivity contribution < 1.29 is 31.1 Å². The second-order valence-corrected chi connectivity index (χ2v) is 7.78.